The molecule has 144 valence electrons. The molecule has 1 aromatic heterocycles. The molecule has 5 nitrogen and oxygen atoms in total. The molecule has 1 heterocycles. The van der Waals surface area contributed by atoms with Gasteiger partial charge in [0.1, 0.15) is 5.82 Å². The maximum absolute atomic E-state index is 5.75. The van der Waals surface area contributed by atoms with Crippen LogP contribution in [0.1, 0.15) is 38.1 Å². The van der Waals surface area contributed by atoms with Crippen LogP contribution < -0.4 is 14.8 Å². The van der Waals surface area contributed by atoms with Crippen LogP contribution in [0.4, 0.5) is 0 Å². The van der Waals surface area contributed by atoms with E-state index in [0.29, 0.717) is 13.2 Å². The van der Waals surface area contributed by atoms with Gasteiger partial charge in [-0.25, -0.2) is 4.98 Å². The van der Waals surface area contributed by atoms with Gasteiger partial charge in [0.25, 0.3) is 0 Å². The van der Waals surface area contributed by atoms with E-state index in [0.717, 1.165) is 60.7 Å². The number of fused-ring (bicyclic) bond motifs is 1. The van der Waals surface area contributed by atoms with Crippen LogP contribution in [0.5, 0.6) is 11.5 Å². The van der Waals surface area contributed by atoms with Gasteiger partial charge >= 0.3 is 0 Å². The summed E-state index contributed by atoms with van der Waals surface area (Å²) in [4.78, 5) is 8.00. The number of H-pyrrole nitrogens is 1. The summed E-state index contributed by atoms with van der Waals surface area (Å²) in [5, 5.41) is 3.50. The Labute approximate surface area is 161 Å². The molecule has 0 atom stereocenters. The van der Waals surface area contributed by atoms with Crippen molar-refractivity contribution in [2.45, 2.75) is 39.7 Å². The molecule has 0 fully saturated rings. The summed E-state index contributed by atoms with van der Waals surface area (Å²) >= 11 is 0. The number of imidazole rings is 1. The number of nitrogens with one attached hydrogen (secondary N) is 2. The second kappa shape index (κ2) is 9.97. The minimum Gasteiger partial charge on any atom is -0.490 e. The molecule has 2 aromatic carbocycles. The van der Waals surface area contributed by atoms with Gasteiger partial charge in [0.2, 0.25) is 0 Å². The maximum Gasteiger partial charge on any atom is 0.161 e. The Morgan fingerprint density at radius 2 is 1.93 bits per heavy atom. The van der Waals surface area contributed by atoms with Crippen LogP contribution in [0.2, 0.25) is 0 Å². The SMILES string of the molecule is CCCOc1ccc(CNCCCc2nc3ccccc3[nH]2)cc1OCC. The summed E-state index contributed by atoms with van der Waals surface area (Å²) in [5.74, 6) is 2.70. The number of benzene rings is 2. The van der Waals surface area contributed by atoms with Crippen molar-refractivity contribution >= 4 is 11.0 Å². The number of aromatic amines is 1. The van der Waals surface area contributed by atoms with Crippen molar-refractivity contribution in [3.8, 4) is 11.5 Å². The Hall–Kier alpha value is -2.53. The van der Waals surface area contributed by atoms with Crippen LogP contribution >= 0.6 is 0 Å². The number of aryl methyl sites for hydroxylation is 1. The zero-order chi connectivity index (χ0) is 18.9. The van der Waals surface area contributed by atoms with Gasteiger partial charge in [-0.2, -0.15) is 0 Å². The van der Waals surface area contributed by atoms with E-state index in [9.17, 15) is 0 Å². The Morgan fingerprint density at radius 3 is 2.74 bits per heavy atom. The average Bonchev–Trinajstić information content (AvgIpc) is 3.10. The number of para-hydroxylation sites is 2. The second-order valence-corrected chi connectivity index (χ2v) is 6.54. The van der Waals surface area contributed by atoms with Gasteiger partial charge in [0, 0.05) is 13.0 Å². The van der Waals surface area contributed by atoms with E-state index in [4.69, 9.17) is 9.47 Å². The van der Waals surface area contributed by atoms with Crippen molar-refractivity contribution in [1.82, 2.24) is 15.3 Å². The van der Waals surface area contributed by atoms with Gasteiger partial charge in [0.05, 0.1) is 24.2 Å². The van der Waals surface area contributed by atoms with E-state index < -0.39 is 0 Å². The molecular weight excluding hydrogens is 338 g/mol. The van der Waals surface area contributed by atoms with Crippen molar-refractivity contribution < 1.29 is 9.47 Å². The first kappa shape index (κ1) is 19.2. The molecule has 0 bridgehead atoms. The molecule has 0 unspecified atom stereocenters. The number of rotatable bonds is 11. The molecule has 3 aromatic rings. The fourth-order valence-electron chi connectivity index (χ4n) is 3.00. The Morgan fingerprint density at radius 1 is 1.04 bits per heavy atom. The van der Waals surface area contributed by atoms with Crippen LogP contribution in [0.15, 0.2) is 42.5 Å². The highest BCUT2D eigenvalue weighted by Gasteiger charge is 2.06. The van der Waals surface area contributed by atoms with Crippen molar-refractivity contribution in [2.24, 2.45) is 0 Å². The molecule has 5 heteroatoms. The number of hydrogen-bond donors (Lipinski definition) is 2. The predicted molar refractivity (Wildman–Crippen MR) is 110 cm³/mol. The highest BCUT2D eigenvalue weighted by atomic mass is 16.5. The van der Waals surface area contributed by atoms with Gasteiger partial charge in [-0.3, -0.25) is 0 Å². The second-order valence-electron chi connectivity index (χ2n) is 6.54. The van der Waals surface area contributed by atoms with Gasteiger partial charge in [-0.1, -0.05) is 25.1 Å². The first-order valence-electron chi connectivity index (χ1n) is 9.83. The molecule has 0 saturated heterocycles. The zero-order valence-corrected chi connectivity index (χ0v) is 16.3. The third kappa shape index (κ3) is 5.47. The lowest BCUT2D eigenvalue weighted by Gasteiger charge is -2.13. The van der Waals surface area contributed by atoms with E-state index in [2.05, 4.69) is 40.4 Å². The smallest absolute Gasteiger partial charge is 0.161 e. The number of ether oxygens (including phenoxy) is 2. The summed E-state index contributed by atoms with van der Waals surface area (Å²) in [7, 11) is 0. The first-order valence-corrected chi connectivity index (χ1v) is 9.83. The highest BCUT2D eigenvalue weighted by molar-refractivity contribution is 5.74. The minimum absolute atomic E-state index is 0.636. The summed E-state index contributed by atoms with van der Waals surface area (Å²) in [6.07, 6.45) is 2.96. The van der Waals surface area contributed by atoms with Gasteiger partial charge in [-0.05, 0) is 56.1 Å². The predicted octanol–water partition coefficient (Wildman–Crippen LogP) is 4.47. The van der Waals surface area contributed by atoms with Crippen molar-refractivity contribution in [3.05, 3.63) is 53.9 Å². The van der Waals surface area contributed by atoms with Crippen molar-refractivity contribution in [2.75, 3.05) is 19.8 Å². The van der Waals surface area contributed by atoms with E-state index in [1.165, 1.54) is 5.56 Å². The lowest BCUT2D eigenvalue weighted by molar-refractivity contribution is 0.276. The van der Waals surface area contributed by atoms with E-state index in [-0.39, 0.29) is 0 Å². The standard InChI is InChI=1S/C22H29N3O2/c1-3-14-27-20-12-11-17(15-21(20)26-4-2)16-23-13-7-10-22-24-18-8-5-6-9-19(18)25-22/h5-6,8-9,11-12,15,23H,3-4,7,10,13-14,16H2,1-2H3,(H,24,25). The average molecular weight is 367 g/mol. The van der Waals surface area contributed by atoms with Crippen LogP contribution in [-0.2, 0) is 13.0 Å². The summed E-state index contributed by atoms with van der Waals surface area (Å²) < 4.78 is 11.5. The van der Waals surface area contributed by atoms with Crippen molar-refractivity contribution in [3.63, 3.8) is 0 Å². The van der Waals surface area contributed by atoms with Gasteiger partial charge in [-0.15, -0.1) is 0 Å². The minimum atomic E-state index is 0.636. The molecule has 0 saturated carbocycles. The molecule has 0 spiro atoms. The number of aromatic nitrogens is 2. The largest absolute Gasteiger partial charge is 0.490 e. The highest BCUT2D eigenvalue weighted by Crippen LogP contribution is 2.28. The van der Waals surface area contributed by atoms with Crippen LogP contribution in [-0.4, -0.2) is 29.7 Å². The van der Waals surface area contributed by atoms with E-state index in [1.807, 2.05) is 31.2 Å². The van der Waals surface area contributed by atoms with Crippen LogP contribution in [0.3, 0.4) is 0 Å². The molecule has 3 rings (SSSR count). The third-order valence-electron chi connectivity index (χ3n) is 4.30. The van der Waals surface area contributed by atoms with Crippen LogP contribution in [0.25, 0.3) is 11.0 Å². The lowest BCUT2D eigenvalue weighted by atomic mass is 10.2. The van der Waals surface area contributed by atoms with E-state index >= 15 is 0 Å². The molecule has 0 aliphatic heterocycles. The zero-order valence-electron chi connectivity index (χ0n) is 16.3. The summed E-state index contributed by atoms with van der Waals surface area (Å²) in [6.45, 7) is 7.19. The molecular formula is C22H29N3O2. The number of nitrogens with zero attached hydrogens (tertiary/aromatic N) is 1. The molecule has 0 amide bonds. The third-order valence-corrected chi connectivity index (χ3v) is 4.30. The fourth-order valence-corrected chi connectivity index (χ4v) is 3.00. The first-order chi connectivity index (χ1) is 13.3. The normalized spacial score (nSPS) is 11.0. The van der Waals surface area contributed by atoms with Gasteiger partial charge in [0.15, 0.2) is 11.5 Å². The van der Waals surface area contributed by atoms with Crippen molar-refractivity contribution in [1.29, 1.82) is 0 Å². The lowest BCUT2D eigenvalue weighted by Crippen LogP contribution is -2.15. The topological polar surface area (TPSA) is 59.2 Å². The Balaban J connectivity index is 1.46. The summed E-state index contributed by atoms with van der Waals surface area (Å²) in [5.41, 5.74) is 3.34. The van der Waals surface area contributed by atoms with E-state index in [1.54, 1.807) is 0 Å². The number of hydrogen-bond acceptors (Lipinski definition) is 4. The summed E-state index contributed by atoms with van der Waals surface area (Å²) in [6, 6.07) is 14.3. The molecule has 0 radical (unpaired) electrons. The Bertz CT molecular complexity index is 811. The molecule has 0 aliphatic carbocycles. The maximum atomic E-state index is 5.75. The Kier molecular flexibility index (Phi) is 7.11. The quantitative estimate of drug-likeness (QED) is 0.491. The fraction of sp³-hybridized carbons (Fsp3) is 0.409. The molecule has 27 heavy (non-hydrogen) atoms. The van der Waals surface area contributed by atoms with Crippen LogP contribution in [0, 0.1) is 0 Å². The molecule has 0 aliphatic rings. The van der Waals surface area contributed by atoms with Gasteiger partial charge < -0.3 is 19.8 Å². The molecule has 2 N–H and O–H groups in total. The monoisotopic (exact) mass is 367 g/mol.